The van der Waals surface area contributed by atoms with Gasteiger partial charge in [-0.2, -0.15) is 0 Å². The van der Waals surface area contributed by atoms with Crippen LogP contribution in [0.3, 0.4) is 0 Å². The van der Waals surface area contributed by atoms with Crippen LogP contribution < -0.4 is 34.9 Å². The van der Waals surface area contributed by atoms with E-state index in [1.165, 1.54) is 17.2 Å². The third-order valence-electron chi connectivity index (χ3n) is 26.5. The molecular weight excluding hydrogens is 1940 g/mol. The molecule has 12 aromatic rings. The monoisotopic (exact) mass is 2070 g/mol. The molecular formula is C114H131ClN12O19S2. The maximum Gasteiger partial charge on any atom is 0.314 e. The van der Waals surface area contributed by atoms with Crippen LogP contribution in [-0.4, -0.2) is 225 Å². The molecule has 31 nitrogen and oxygen atoms in total. The number of aromatic nitrogens is 4. The van der Waals surface area contributed by atoms with Gasteiger partial charge in [0.1, 0.15) is 72.9 Å². The summed E-state index contributed by atoms with van der Waals surface area (Å²) >= 11 is 3.16. The first kappa shape index (κ1) is 111. The third-order valence-corrected chi connectivity index (χ3v) is 28.4. The molecule has 2 saturated heterocycles. The minimum absolute atomic E-state index is 0. The van der Waals surface area contributed by atoms with Crippen LogP contribution in [0.5, 0.6) is 34.8 Å². The van der Waals surface area contributed by atoms with E-state index in [9.17, 15) is 54.3 Å². The smallest absolute Gasteiger partial charge is 0.314 e. The van der Waals surface area contributed by atoms with Gasteiger partial charge in [0.05, 0.1) is 82.8 Å². The summed E-state index contributed by atoms with van der Waals surface area (Å²) in [5.74, 6) is 0.202. The lowest BCUT2D eigenvalue weighted by atomic mass is 9.88. The molecule has 0 saturated carbocycles. The van der Waals surface area contributed by atoms with Crippen molar-refractivity contribution in [1.82, 2.24) is 50.9 Å². The zero-order valence-corrected chi connectivity index (χ0v) is 87.9. The van der Waals surface area contributed by atoms with Crippen molar-refractivity contribution >= 4 is 105 Å². The second kappa shape index (κ2) is 52.5. The van der Waals surface area contributed by atoms with Gasteiger partial charge in [0.2, 0.25) is 17.7 Å². The van der Waals surface area contributed by atoms with E-state index in [0.29, 0.717) is 119 Å². The average molecular weight is 2070 g/mol. The zero-order chi connectivity index (χ0) is 104. The molecule has 0 radical (unpaired) electrons. The first-order valence-electron chi connectivity index (χ1n) is 49.8. The first-order valence-corrected chi connectivity index (χ1v) is 51.6. The second-order valence-electron chi connectivity index (χ2n) is 37.6. The number of hydrogen-bond acceptors (Lipinski definition) is 27. The number of benzene rings is 8. The quantitative estimate of drug-likeness (QED) is 0.0130. The molecule has 5 unspecified atom stereocenters. The molecule has 780 valence electrons. The van der Waals surface area contributed by atoms with Gasteiger partial charge in [0.25, 0.3) is 23.6 Å². The number of aromatic hydroxyl groups is 2. The number of allylic oxidation sites excluding steroid dienone is 2. The molecule has 148 heavy (non-hydrogen) atoms. The van der Waals surface area contributed by atoms with Crippen molar-refractivity contribution in [3.63, 3.8) is 0 Å². The summed E-state index contributed by atoms with van der Waals surface area (Å²) in [6.07, 6.45) is 2.99. The number of amides is 5. The molecule has 0 bridgehead atoms. The van der Waals surface area contributed by atoms with Gasteiger partial charge in [-0.05, 0) is 208 Å². The van der Waals surface area contributed by atoms with E-state index in [4.69, 9.17) is 42.5 Å². The number of rotatable bonds is 44. The molecule has 0 spiro atoms. The molecule has 2 fully saturated rings. The average Bonchev–Trinajstić information content (AvgIpc) is 1.60. The highest BCUT2D eigenvalue weighted by Gasteiger charge is 2.49. The summed E-state index contributed by atoms with van der Waals surface area (Å²) in [7, 11) is 3.52. The van der Waals surface area contributed by atoms with Gasteiger partial charge >= 0.3 is 5.97 Å². The minimum atomic E-state index is -1.22. The van der Waals surface area contributed by atoms with Crippen LogP contribution in [0.1, 0.15) is 186 Å². The van der Waals surface area contributed by atoms with Crippen molar-refractivity contribution in [3.8, 4) is 55.6 Å². The van der Waals surface area contributed by atoms with E-state index in [1.54, 1.807) is 108 Å². The van der Waals surface area contributed by atoms with Gasteiger partial charge in [-0.15, -0.1) is 35.1 Å². The molecule has 5 amide bonds. The maximum atomic E-state index is 14.4. The molecule has 8 aromatic carbocycles. The fourth-order valence-corrected chi connectivity index (χ4v) is 19.9. The van der Waals surface area contributed by atoms with Gasteiger partial charge in [0.15, 0.2) is 22.6 Å². The number of aliphatic imine (C=N–C) groups is 2. The molecule has 4 aliphatic heterocycles. The SMILES string of the molecule is CC/C(=C(\c1ccc(O)cc1)c1ccc(OCCN(C)C(=O)CCCOCCOc2cc(C(C(=O)N3C[C@H](O)CC3C3=N[C@@](C)(c4ccc(-c5scnc5C)cc4)C(=O)N3)C(C)C)on2)cc1)c1ccccc1.CC/C(=C(\c1ccc(O)cc1)c1ccc(OCCN(C)C(=O)CCCOCCOc2cc(C(C(=O)O)C(C)C)on2)cc1)c1ccccc1.Cc1ncsc1-c1ccc(C2(C)N=C(C3C[C@@H](O)CN3)NC2=O)cc1.Cl. The van der Waals surface area contributed by atoms with Crippen molar-refractivity contribution in [1.29, 1.82) is 0 Å². The lowest BCUT2D eigenvalue weighted by Crippen LogP contribution is -2.48. The third kappa shape index (κ3) is 28.3. The van der Waals surface area contributed by atoms with Crippen molar-refractivity contribution in [3.05, 3.63) is 297 Å². The summed E-state index contributed by atoms with van der Waals surface area (Å²) < 4.78 is 45.5. The number of carbonyl (C=O) groups is 6. The highest BCUT2D eigenvalue weighted by molar-refractivity contribution is 7.13. The van der Waals surface area contributed by atoms with Gasteiger partial charge in [-0.25, -0.2) is 20.0 Å². The predicted octanol–water partition coefficient (Wildman–Crippen LogP) is 18.3. The Morgan fingerprint density at radius 3 is 1.29 bits per heavy atom. The largest absolute Gasteiger partial charge is 0.508 e. The van der Waals surface area contributed by atoms with Crippen LogP contribution in [0.15, 0.2) is 248 Å². The number of ether oxygens (including phenoxy) is 6. The summed E-state index contributed by atoms with van der Waals surface area (Å²) in [5.41, 5.74) is 18.1. The summed E-state index contributed by atoms with van der Waals surface area (Å²) in [5, 5.41) is 66.6. The number of likely N-dealkylation sites (N-methyl/N-ethyl adjacent to an activating group) is 2. The number of likely N-dealkylation sites (tertiary alicyclic amines) is 1. The van der Waals surface area contributed by atoms with Crippen LogP contribution in [0.2, 0.25) is 0 Å². The second-order valence-corrected chi connectivity index (χ2v) is 39.4. The number of aliphatic hydroxyl groups is 2. The number of thiazole rings is 2. The van der Waals surface area contributed by atoms with Gasteiger partial charge < -0.3 is 93.7 Å². The number of phenols is 2. The van der Waals surface area contributed by atoms with Crippen LogP contribution in [0.4, 0.5) is 0 Å². The van der Waals surface area contributed by atoms with Crippen molar-refractivity contribution < 1.29 is 91.8 Å². The highest BCUT2D eigenvalue weighted by atomic mass is 35.5. The molecule has 8 heterocycles. The highest BCUT2D eigenvalue weighted by Crippen LogP contribution is 2.43. The number of nitrogens with zero attached hydrogens (tertiary/aromatic N) is 9. The molecule has 16 rings (SSSR count). The summed E-state index contributed by atoms with van der Waals surface area (Å²) in [6.45, 7) is 23.1. The van der Waals surface area contributed by atoms with Gasteiger partial charge in [-0.3, -0.25) is 28.8 Å². The number of phenolic OH excluding ortho intramolecular Hbond substituents is 2. The number of aryl methyl sites for hydroxylation is 2. The van der Waals surface area contributed by atoms with Crippen LogP contribution in [0, 0.1) is 25.7 Å². The van der Waals surface area contributed by atoms with E-state index >= 15 is 0 Å². The number of carboxylic acids is 1. The molecule has 34 heteroatoms. The van der Waals surface area contributed by atoms with Gasteiger partial charge in [0, 0.05) is 71.8 Å². The standard InChI is InChI=1S/C57H64N6O9S.C39H46N2O8.C18H20N4O2S.ClH/c1-7-46(38-12-9-8-10-13-38)52(39-17-23-43(64)24-18-39)40-19-25-45(26-20-40)70-29-27-62(6)50(66)14-11-28-69-30-31-71-49-33-48(72-61-49)51(36(2)3)55(67)63-34-44(65)32-47(63)54-59-56(68)57(5,60-54)42-21-15-41(16-22-42)53-37(4)58-35-73-53;1-5-33(28-10-7-6-8-11-28)38(29-13-17-31(42)18-14-29)30-15-19-32(20-16-30)47-23-21-41(4)36(43)12-9-22-46-24-25-48-35-26-34(49-40-35)37(27(2)3)39(44)45;1-10-15(25-9-20-10)11-3-5-12(6-4-11)18(2)17(24)21-16(22-18)14-7-13(23)8-19-14;/h8-10,12-13,15-26,33,35-36,44,47,51,64-65H,7,11,14,27-32,34H2,1-6H3,(H,59,60,68);6-8,10-11,13-20,26-27,37,42H,5,9,12,21-25H2,1-4H3,(H,44,45);3-6,9,13-14,19,23H,7-8H2,1-2H3,(H,21,22,24);1H/b52-46-;38-33-;;/t44-,47?,51?,57+;;13-,14?,18?;/m1.1./s1. The number of nitrogens with one attached hydrogen (secondary N) is 3. The molecule has 8 atom stereocenters. The summed E-state index contributed by atoms with van der Waals surface area (Å²) in [4.78, 5) is 103. The number of halogens is 1. The van der Waals surface area contributed by atoms with Crippen LogP contribution >= 0.6 is 35.1 Å². The minimum Gasteiger partial charge on any atom is -0.508 e. The number of aliphatic carboxylic acids is 1. The van der Waals surface area contributed by atoms with E-state index in [2.05, 4.69) is 79.3 Å². The van der Waals surface area contributed by atoms with Crippen molar-refractivity contribution in [2.45, 2.75) is 168 Å². The Morgan fingerprint density at radius 1 is 0.500 bits per heavy atom. The van der Waals surface area contributed by atoms with E-state index in [-0.39, 0.29) is 122 Å². The molecule has 4 aliphatic rings. The Morgan fingerprint density at radius 2 is 0.905 bits per heavy atom. The Balaban J connectivity index is 0.000000208. The zero-order valence-electron chi connectivity index (χ0n) is 85.4. The fourth-order valence-electron chi connectivity index (χ4n) is 18.3. The number of β-amino-alcohol motifs (C(OH)–C–C–N with tert-alkyl or cyclic N) is 2. The number of aliphatic hydroxyl groups excluding tert-OH is 2. The molecule has 8 N–H and O–H groups in total. The Bertz CT molecular complexity index is 6560. The summed E-state index contributed by atoms with van der Waals surface area (Å²) in [6, 6.07) is 69.1. The predicted molar refractivity (Wildman–Crippen MR) is 574 cm³/mol. The number of hydrogen-bond donors (Lipinski definition) is 8. The first-order chi connectivity index (χ1) is 70.9. The van der Waals surface area contributed by atoms with Crippen LogP contribution in [-0.2, 0) is 49.3 Å². The molecule has 4 aromatic heterocycles. The molecule has 0 aliphatic carbocycles. The number of carboxylic acid groups (broad SMARTS) is 1. The van der Waals surface area contributed by atoms with Crippen molar-refractivity contribution in [2.24, 2.45) is 21.8 Å². The Labute approximate surface area is 877 Å². The van der Waals surface area contributed by atoms with E-state index in [1.807, 2.05) is 198 Å². The lowest BCUT2D eigenvalue weighted by molar-refractivity contribution is -0.140. The topological polar surface area (TPSA) is 407 Å². The lowest BCUT2D eigenvalue weighted by Gasteiger charge is -2.29. The fraction of sp³-hybridized carbons (Fsp3) is 0.368. The normalized spacial score (nSPS) is 18.0. The van der Waals surface area contributed by atoms with Crippen molar-refractivity contribution in [2.75, 3.05) is 93.1 Å². The van der Waals surface area contributed by atoms with Gasteiger partial charge in [-0.1, -0.05) is 199 Å². The van der Waals surface area contributed by atoms with E-state index in [0.717, 1.165) is 95.2 Å². The Hall–Kier alpha value is -14.0. The maximum absolute atomic E-state index is 14.4. The van der Waals surface area contributed by atoms with Crippen LogP contribution in [0.25, 0.3) is 43.2 Å². The number of amidine groups is 2. The van der Waals surface area contributed by atoms with E-state index < -0.39 is 47.1 Å². The Kier molecular flexibility index (Phi) is 39.5. The number of carbonyl (C=O) groups excluding carboxylic acids is 5.